The Morgan fingerprint density at radius 1 is 1.29 bits per heavy atom. The van der Waals surface area contributed by atoms with Crippen molar-refractivity contribution in [2.45, 2.75) is 25.2 Å². The summed E-state index contributed by atoms with van der Waals surface area (Å²) in [6, 6.07) is 2.24. The van der Waals surface area contributed by atoms with Crippen molar-refractivity contribution >= 4 is 15.7 Å². The number of anilines is 1. The van der Waals surface area contributed by atoms with Gasteiger partial charge in [0.25, 0.3) is 0 Å². The van der Waals surface area contributed by atoms with E-state index >= 15 is 0 Å². The molecule has 2 rings (SSSR count). The van der Waals surface area contributed by atoms with Crippen LogP contribution in [-0.4, -0.2) is 36.7 Å². The summed E-state index contributed by atoms with van der Waals surface area (Å²) < 4.78 is 80.8. The Morgan fingerprint density at radius 2 is 2.00 bits per heavy atom. The molecular weight excluding hydrogens is 410 g/mol. The van der Waals surface area contributed by atoms with Gasteiger partial charge in [0.15, 0.2) is 0 Å². The number of hydrogen-bond acceptors (Lipinski definition) is 8. The molecule has 0 radical (unpaired) electrons. The van der Waals surface area contributed by atoms with Crippen LogP contribution in [-0.2, 0) is 22.6 Å². The molecular formula is C14H17F4N5O4S. The first kappa shape index (κ1) is 22.0. The van der Waals surface area contributed by atoms with Crippen molar-refractivity contribution < 1.29 is 35.8 Å². The third-order valence-corrected chi connectivity index (χ3v) is 4.25. The molecule has 1 atom stereocenters. The number of aryl methyl sites for hydroxylation is 1. The fourth-order valence-corrected chi connectivity index (χ4v) is 2.80. The van der Waals surface area contributed by atoms with Gasteiger partial charge in [0.05, 0.1) is 11.8 Å². The highest BCUT2D eigenvalue weighted by Gasteiger charge is 2.34. The lowest BCUT2D eigenvalue weighted by molar-refractivity contribution is -0.139. The van der Waals surface area contributed by atoms with Crippen LogP contribution in [0.25, 0.3) is 0 Å². The number of benzene rings is 1. The van der Waals surface area contributed by atoms with Crippen molar-refractivity contribution in [1.82, 2.24) is 20.5 Å². The lowest BCUT2D eigenvalue weighted by Gasteiger charge is -2.18. The molecule has 14 heteroatoms. The number of nitrogens with one attached hydrogen (secondary N) is 3. The van der Waals surface area contributed by atoms with E-state index in [2.05, 4.69) is 25.0 Å². The lowest BCUT2D eigenvalue weighted by atomic mass is 10.1. The molecule has 28 heavy (non-hydrogen) atoms. The van der Waals surface area contributed by atoms with Crippen molar-refractivity contribution in [2.24, 2.45) is 0 Å². The van der Waals surface area contributed by atoms with E-state index in [1.807, 2.05) is 5.48 Å². The number of hydroxylamine groups is 1. The van der Waals surface area contributed by atoms with Crippen molar-refractivity contribution in [1.29, 1.82) is 0 Å². The highest BCUT2D eigenvalue weighted by Crippen LogP contribution is 2.33. The zero-order chi connectivity index (χ0) is 20.9. The molecule has 4 N–H and O–H groups in total. The Balaban J connectivity index is 2.12. The standard InChI is InChI=1S/C14H17F4N5O4S/c1-28(25,26)19-6-2-3-11-12(23-27-22-11)13(21-24)20-8-4-5-10(15)9(7-8)14(16,17)18/h4-5,7,13,19-21,24H,2-3,6H2,1H3. The quantitative estimate of drug-likeness (QED) is 0.206. The summed E-state index contributed by atoms with van der Waals surface area (Å²) in [4.78, 5) is 0. The first-order chi connectivity index (χ1) is 13.0. The smallest absolute Gasteiger partial charge is 0.363 e. The summed E-state index contributed by atoms with van der Waals surface area (Å²) in [5.41, 5.74) is 0.487. The maximum absolute atomic E-state index is 13.4. The lowest BCUT2D eigenvalue weighted by Crippen LogP contribution is -2.27. The van der Waals surface area contributed by atoms with Gasteiger partial charge in [-0.05, 0) is 31.0 Å². The normalized spacial score (nSPS) is 13.5. The molecule has 1 aromatic carbocycles. The maximum atomic E-state index is 13.4. The molecule has 0 aliphatic heterocycles. The van der Waals surface area contributed by atoms with Crippen LogP contribution in [0.4, 0.5) is 23.2 Å². The molecule has 156 valence electrons. The van der Waals surface area contributed by atoms with E-state index in [9.17, 15) is 31.2 Å². The van der Waals surface area contributed by atoms with E-state index in [0.29, 0.717) is 18.6 Å². The fraction of sp³-hybridized carbons (Fsp3) is 0.429. The van der Waals surface area contributed by atoms with Crippen LogP contribution in [0.15, 0.2) is 22.8 Å². The summed E-state index contributed by atoms with van der Waals surface area (Å²) in [6.07, 6.45) is -4.57. The third-order valence-electron chi connectivity index (χ3n) is 3.53. The number of rotatable bonds is 9. The zero-order valence-corrected chi connectivity index (χ0v) is 15.2. The molecule has 1 heterocycles. The molecule has 0 fully saturated rings. The monoisotopic (exact) mass is 427 g/mol. The Kier molecular flexibility index (Phi) is 6.92. The minimum Gasteiger partial charge on any atom is -0.363 e. The Bertz CT molecular complexity index is 903. The van der Waals surface area contributed by atoms with Gasteiger partial charge < -0.3 is 10.5 Å². The molecule has 0 spiro atoms. The number of aromatic nitrogens is 2. The van der Waals surface area contributed by atoms with Crippen molar-refractivity contribution in [3.63, 3.8) is 0 Å². The van der Waals surface area contributed by atoms with Gasteiger partial charge in [0, 0.05) is 12.2 Å². The van der Waals surface area contributed by atoms with E-state index in [0.717, 1.165) is 12.3 Å². The van der Waals surface area contributed by atoms with Gasteiger partial charge in [0.1, 0.15) is 23.4 Å². The van der Waals surface area contributed by atoms with Crippen LogP contribution < -0.4 is 15.5 Å². The number of hydrogen-bond donors (Lipinski definition) is 4. The Morgan fingerprint density at radius 3 is 2.61 bits per heavy atom. The van der Waals surface area contributed by atoms with Crippen LogP contribution in [0.1, 0.15) is 29.5 Å². The Hall–Kier alpha value is -2.29. The van der Waals surface area contributed by atoms with Gasteiger partial charge in [-0.15, -0.1) is 0 Å². The second-order valence-electron chi connectivity index (χ2n) is 5.77. The number of halogens is 4. The predicted molar refractivity (Wildman–Crippen MR) is 88.2 cm³/mol. The van der Waals surface area contributed by atoms with Gasteiger partial charge in [-0.25, -0.2) is 22.2 Å². The molecule has 0 saturated heterocycles. The maximum Gasteiger partial charge on any atom is 0.419 e. The molecule has 0 bridgehead atoms. The molecule has 9 nitrogen and oxygen atoms in total. The minimum atomic E-state index is -4.89. The van der Waals surface area contributed by atoms with Crippen molar-refractivity contribution in [2.75, 3.05) is 18.1 Å². The molecule has 0 aliphatic carbocycles. The van der Waals surface area contributed by atoms with Crippen LogP contribution in [0.5, 0.6) is 0 Å². The summed E-state index contributed by atoms with van der Waals surface area (Å²) >= 11 is 0. The summed E-state index contributed by atoms with van der Waals surface area (Å²) in [5.74, 6) is -1.44. The second kappa shape index (κ2) is 8.81. The largest absolute Gasteiger partial charge is 0.419 e. The molecule has 0 saturated carbocycles. The van der Waals surface area contributed by atoms with E-state index < -0.39 is 33.7 Å². The molecule has 1 aromatic heterocycles. The van der Waals surface area contributed by atoms with E-state index in [-0.39, 0.29) is 30.0 Å². The third kappa shape index (κ3) is 6.12. The van der Waals surface area contributed by atoms with Crippen molar-refractivity contribution in [3.05, 3.63) is 41.0 Å². The van der Waals surface area contributed by atoms with Gasteiger partial charge in [-0.3, -0.25) is 0 Å². The first-order valence-corrected chi connectivity index (χ1v) is 9.69. The molecule has 2 aromatic rings. The topological polar surface area (TPSA) is 129 Å². The summed E-state index contributed by atoms with van der Waals surface area (Å²) in [5, 5.41) is 19.1. The molecule has 0 amide bonds. The van der Waals surface area contributed by atoms with Gasteiger partial charge in [-0.1, -0.05) is 10.3 Å². The minimum absolute atomic E-state index is 0.0414. The number of alkyl halides is 3. The number of nitrogens with zero attached hydrogens (tertiary/aromatic N) is 2. The summed E-state index contributed by atoms with van der Waals surface area (Å²) in [7, 11) is -3.35. The van der Waals surface area contributed by atoms with E-state index in [1.54, 1.807) is 0 Å². The highest BCUT2D eigenvalue weighted by molar-refractivity contribution is 7.88. The average molecular weight is 427 g/mol. The first-order valence-electron chi connectivity index (χ1n) is 7.80. The van der Waals surface area contributed by atoms with E-state index in [1.165, 1.54) is 0 Å². The second-order valence-corrected chi connectivity index (χ2v) is 7.60. The highest BCUT2D eigenvalue weighted by atomic mass is 32.2. The van der Waals surface area contributed by atoms with Crippen molar-refractivity contribution in [3.8, 4) is 0 Å². The Labute approximate surface area is 157 Å². The van der Waals surface area contributed by atoms with Crippen LogP contribution in [0.3, 0.4) is 0 Å². The average Bonchev–Trinajstić information content (AvgIpc) is 3.04. The van der Waals surface area contributed by atoms with E-state index in [4.69, 9.17) is 0 Å². The molecule has 0 aliphatic rings. The fourth-order valence-electron chi connectivity index (χ4n) is 2.28. The predicted octanol–water partition coefficient (Wildman–Crippen LogP) is 1.80. The number of sulfonamides is 1. The van der Waals surface area contributed by atoms with Crippen LogP contribution in [0.2, 0.25) is 0 Å². The van der Waals surface area contributed by atoms with Crippen LogP contribution >= 0.6 is 0 Å². The summed E-state index contributed by atoms with van der Waals surface area (Å²) in [6.45, 7) is 0.114. The zero-order valence-electron chi connectivity index (χ0n) is 14.4. The van der Waals surface area contributed by atoms with Gasteiger partial charge >= 0.3 is 6.18 Å². The van der Waals surface area contributed by atoms with Gasteiger partial charge in [0.2, 0.25) is 10.0 Å². The SMILES string of the molecule is CS(=O)(=O)NCCCc1nonc1C(NO)Nc1ccc(F)c(C(F)(F)F)c1. The van der Waals surface area contributed by atoms with Crippen LogP contribution in [0, 0.1) is 5.82 Å². The molecule has 1 unspecified atom stereocenters. The van der Waals surface area contributed by atoms with Gasteiger partial charge in [-0.2, -0.15) is 18.7 Å².